The van der Waals surface area contributed by atoms with Crippen LogP contribution in [-0.2, 0) is 17.9 Å². The van der Waals surface area contributed by atoms with Crippen LogP contribution >= 0.6 is 0 Å². The second-order valence-electron chi connectivity index (χ2n) is 4.55. The molecule has 1 amide bonds. The summed E-state index contributed by atoms with van der Waals surface area (Å²) < 4.78 is 16.1. The SMILES string of the molecule is Cc1noc(=O)n1CC(=O)NCc1ccc2c(c1)OCO2. The first-order valence-electron chi connectivity index (χ1n) is 6.32. The third-order valence-electron chi connectivity index (χ3n) is 3.10. The molecule has 1 aromatic heterocycles. The number of aryl methyl sites for hydroxylation is 1. The Hall–Kier alpha value is -2.77. The molecule has 0 radical (unpaired) electrons. The first-order chi connectivity index (χ1) is 10.1. The van der Waals surface area contributed by atoms with Crippen molar-refractivity contribution >= 4 is 5.91 Å². The zero-order valence-electron chi connectivity index (χ0n) is 11.3. The number of nitrogens with zero attached hydrogens (tertiary/aromatic N) is 2. The number of aromatic nitrogens is 2. The van der Waals surface area contributed by atoms with Crippen LogP contribution < -0.4 is 20.5 Å². The molecular formula is C13H13N3O5. The topological polar surface area (TPSA) is 95.6 Å². The number of rotatable bonds is 4. The van der Waals surface area contributed by atoms with E-state index in [4.69, 9.17) is 9.47 Å². The van der Waals surface area contributed by atoms with E-state index in [-0.39, 0.29) is 19.2 Å². The van der Waals surface area contributed by atoms with Crippen molar-refractivity contribution < 1.29 is 18.8 Å². The molecule has 1 aliphatic heterocycles. The Balaban J connectivity index is 1.60. The second kappa shape index (κ2) is 5.31. The van der Waals surface area contributed by atoms with E-state index in [2.05, 4.69) is 15.0 Å². The van der Waals surface area contributed by atoms with E-state index in [0.717, 1.165) is 10.1 Å². The first-order valence-corrected chi connectivity index (χ1v) is 6.32. The standard InChI is InChI=1S/C13H13N3O5/c1-8-15-21-13(18)16(8)6-12(17)14-5-9-2-3-10-11(4-9)20-7-19-10/h2-4H,5-7H2,1H3,(H,14,17). The quantitative estimate of drug-likeness (QED) is 0.864. The van der Waals surface area contributed by atoms with Crippen molar-refractivity contribution in [3.05, 3.63) is 40.1 Å². The molecule has 0 bridgehead atoms. The Morgan fingerprint density at radius 3 is 2.95 bits per heavy atom. The molecule has 0 saturated carbocycles. The Morgan fingerprint density at radius 2 is 2.19 bits per heavy atom. The summed E-state index contributed by atoms with van der Waals surface area (Å²) in [6.45, 7) is 2.00. The molecule has 1 N–H and O–H groups in total. The van der Waals surface area contributed by atoms with E-state index in [1.54, 1.807) is 19.1 Å². The van der Waals surface area contributed by atoms with E-state index in [9.17, 15) is 9.59 Å². The Bertz CT molecular complexity index is 734. The van der Waals surface area contributed by atoms with Crippen molar-refractivity contribution in [1.29, 1.82) is 0 Å². The number of fused-ring (bicyclic) bond motifs is 1. The van der Waals surface area contributed by atoms with Gasteiger partial charge < -0.3 is 14.8 Å². The van der Waals surface area contributed by atoms with E-state index < -0.39 is 5.76 Å². The highest BCUT2D eigenvalue weighted by Gasteiger charge is 2.14. The smallest absolute Gasteiger partial charge is 0.442 e. The molecule has 8 nitrogen and oxygen atoms in total. The first kappa shape index (κ1) is 13.2. The third-order valence-corrected chi connectivity index (χ3v) is 3.10. The number of hydrogen-bond acceptors (Lipinski definition) is 6. The number of hydrogen-bond donors (Lipinski definition) is 1. The van der Waals surface area contributed by atoms with Crippen molar-refractivity contribution in [3.8, 4) is 11.5 Å². The second-order valence-corrected chi connectivity index (χ2v) is 4.55. The van der Waals surface area contributed by atoms with Gasteiger partial charge in [0.05, 0.1) is 0 Å². The van der Waals surface area contributed by atoms with Crippen LogP contribution in [0.5, 0.6) is 11.5 Å². The molecule has 0 aliphatic carbocycles. The zero-order chi connectivity index (χ0) is 14.8. The van der Waals surface area contributed by atoms with Crippen LogP contribution in [0, 0.1) is 6.92 Å². The normalized spacial score (nSPS) is 12.4. The predicted octanol–water partition coefficient (Wildman–Crippen LogP) is 0.190. The minimum Gasteiger partial charge on any atom is -0.454 e. The summed E-state index contributed by atoms with van der Waals surface area (Å²) in [4.78, 5) is 23.1. The van der Waals surface area contributed by atoms with E-state index in [0.29, 0.717) is 23.9 Å². The Morgan fingerprint density at radius 1 is 1.38 bits per heavy atom. The summed E-state index contributed by atoms with van der Waals surface area (Å²) in [5, 5.41) is 6.21. The number of carbonyl (C=O) groups excluding carboxylic acids is 1. The molecular weight excluding hydrogens is 278 g/mol. The van der Waals surface area contributed by atoms with Crippen molar-refractivity contribution in [2.24, 2.45) is 0 Å². The molecule has 110 valence electrons. The van der Waals surface area contributed by atoms with Crippen molar-refractivity contribution in [3.63, 3.8) is 0 Å². The highest BCUT2D eigenvalue weighted by molar-refractivity contribution is 5.75. The van der Waals surface area contributed by atoms with Gasteiger partial charge in [-0.1, -0.05) is 11.2 Å². The molecule has 3 rings (SSSR count). The van der Waals surface area contributed by atoms with Gasteiger partial charge in [-0.2, -0.15) is 0 Å². The Labute approximate surface area is 119 Å². The molecule has 1 aromatic carbocycles. The van der Waals surface area contributed by atoms with Crippen molar-refractivity contribution in [1.82, 2.24) is 15.0 Å². The monoisotopic (exact) mass is 291 g/mol. The minimum atomic E-state index is -0.647. The van der Waals surface area contributed by atoms with E-state index in [1.807, 2.05) is 6.07 Å². The molecule has 0 fully saturated rings. The lowest BCUT2D eigenvalue weighted by Gasteiger charge is -2.06. The highest BCUT2D eigenvalue weighted by atomic mass is 16.7. The molecule has 8 heteroatoms. The highest BCUT2D eigenvalue weighted by Crippen LogP contribution is 2.32. The summed E-state index contributed by atoms with van der Waals surface area (Å²) >= 11 is 0. The van der Waals surface area contributed by atoms with Gasteiger partial charge in [0, 0.05) is 6.54 Å². The van der Waals surface area contributed by atoms with Gasteiger partial charge in [-0.05, 0) is 24.6 Å². The molecule has 2 aromatic rings. The lowest BCUT2D eigenvalue weighted by atomic mass is 10.2. The van der Waals surface area contributed by atoms with Gasteiger partial charge in [-0.3, -0.25) is 13.9 Å². The number of nitrogens with one attached hydrogen (secondary N) is 1. The van der Waals surface area contributed by atoms with Gasteiger partial charge in [-0.15, -0.1) is 0 Å². The van der Waals surface area contributed by atoms with Crippen LogP contribution in [-0.4, -0.2) is 22.4 Å². The van der Waals surface area contributed by atoms with E-state index in [1.165, 1.54) is 0 Å². The molecule has 0 unspecified atom stereocenters. The Kier molecular flexibility index (Phi) is 3.35. The minimum absolute atomic E-state index is 0.126. The fourth-order valence-corrected chi connectivity index (χ4v) is 1.97. The van der Waals surface area contributed by atoms with E-state index >= 15 is 0 Å². The van der Waals surface area contributed by atoms with Gasteiger partial charge in [0.25, 0.3) is 0 Å². The molecule has 0 spiro atoms. The fraction of sp³-hybridized carbons (Fsp3) is 0.308. The third kappa shape index (κ3) is 2.73. The van der Waals surface area contributed by atoms with Crippen LogP contribution in [0.25, 0.3) is 0 Å². The van der Waals surface area contributed by atoms with Crippen LogP contribution in [0.3, 0.4) is 0 Å². The molecule has 2 heterocycles. The van der Waals surface area contributed by atoms with Gasteiger partial charge >= 0.3 is 5.76 Å². The zero-order valence-corrected chi connectivity index (χ0v) is 11.3. The lowest BCUT2D eigenvalue weighted by Crippen LogP contribution is -2.31. The maximum absolute atomic E-state index is 11.8. The number of amides is 1. The van der Waals surface area contributed by atoms with Crippen LogP contribution in [0.4, 0.5) is 0 Å². The maximum atomic E-state index is 11.8. The predicted molar refractivity (Wildman–Crippen MR) is 69.9 cm³/mol. The summed E-state index contributed by atoms with van der Waals surface area (Å²) in [7, 11) is 0. The van der Waals surface area contributed by atoms with Gasteiger partial charge in [0.2, 0.25) is 12.7 Å². The van der Waals surface area contributed by atoms with Crippen LogP contribution in [0.1, 0.15) is 11.4 Å². The molecule has 0 saturated heterocycles. The maximum Gasteiger partial charge on any atom is 0.442 e. The number of benzene rings is 1. The lowest BCUT2D eigenvalue weighted by molar-refractivity contribution is -0.121. The number of carbonyl (C=O) groups is 1. The fourth-order valence-electron chi connectivity index (χ4n) is 1.97. The van der Waals surface area contributed by atoms with Crippen LogP contribution in [0.15, 0.2) is 27.5 Å². The number of ether oxygens (including phenoxy) is 2. The molecule has 0 atom stereocenters. The summed E-state index contributed by atoms with van der Waals surface area (Å²) in [5.74, 6) is 0.759. The van der Waals surface area contributed by atoms with Gasteiger partial charge in [-0.25, -0.2) is 4.79 Å². The summed E-state index contributed by atoms with van der Waals surface area (Å²) in [6.07, 6.45) is 0. The summed E-state index contributed by atoms with van der Waals surface area (Å²) in [5.41, 5.74) is 0.877. The average Bonchev–Trinajstić information content (AvgIpc) is 3.06. The largest absolute Gasteiger partial charge is 0.454 e. The molecule has 1 aliphatic rings. The van der Waals surface area contributed by atoms with Crippen LogP contribution in [0.2, 0.25) is 0 Å². The summed E-state index contributed by atoms with van der Waals surface area (Å²) in [6, 6.07) is 5.43. The van der Waals surface area contributed by atoms with Crippen molar-refractivity contribution in [2.75, 3.05) is 6.79 Å². The van der Waals surface area contributed by atoms with Gasteiger partial charge in [0.1, 0.15) is 6.54 Å². The van der Waals surface area contributed by atoms with Gasteiger partial charge in [0.15, 0.2) is 17.3 Å². The molecule has 21 heavy (non-hydrogen) atoms. The van der Waals surface area contributed by atoms with Crippen molar-refractivity contribution in [2.45, 2.75) is 20.0 Å². The average molecular weight is 291 g/mol.